The molecule has 0 aliphatic heterocycles. The number of nitrogens with one attached hydrogen (secondary N) is 2. The molecule has 0 aliphatic rings. The van der Waals surface area contributed by atoms with E-state index in [1.54, 1.807) is 46.8 Å². The number of aryl methyl sites for hydroxylation is 1. The van der Waals surface area contributed by atoms with Crippen LogP contribution < -0.4 is 10.6 Å². The Morgan fingerprint density at radius 3 is 2.10 bits per heavy atom. The molecule has 0 aliphatic carbocycles. The maximum Gasteiger partial charge on any atom is 0.408 e. The van der Waals surface area contributed by atoms with Crippen molar-refractivity contribution >= 4 is 17.9 Å². The van der Waals surface area contributed by atoms with E-state index < -0.39 is 35.6 Å². The molecule has 31 heavy (non-hydrogen) atoms. The van der Waals surface area contributed by atoms with Crippen molar-refractivity contribution < 1.29 is 19.1 Å². The fourth-order valence-electron chi connectivity index (χ4n) is 3.02. The second kappa shape index (κ2) is 10.9. The first-order chi connectivity index (χ1) is 14.3. The minimum absolute atomic E-state index is 0.144. The van der Waals surface area contributed by atoms with Gasteiger partial charge in [0.2, 0.25) is 5.91 Å². The van der Waals surface area contributed by atoms with Crippen molar-refractivity contribution in [1.29, 1.82) is 0 Å². The summed E-state index contributed by atoms with van der Waals surface area (Å²) in [5, 5.41) is 5.45. The Morgan fingerprint density at radius 1 is 1.06 bits per heavy atom. The summed E-state index contributed by atoms with van der Waals surface area (Å²) in [5.41, 5.74) is 0.716. The molecule has 1 rings (SSSR count). The minimum Gasteiger partial charge on any atom is -0.444 e. The van der Waals surface area contributed by atoms with Gasteiger partial charge in [0.25, 0.3) is 5.91 Å². The highest BCUT2D eigenvalue weighted by Gasteiger charge is 2.37. The van der Waals surface area contributed by atoms with Gasteiger partial charge in [-0.1, -0.05) is 44.5 Å². The van der Waals surface area contributed by atoms with Crippen LogP contribution in [0.1, 0.15) is 65.6 Å². The van der Waals surface area contributed by atoms with Crippen LogP contribution in [0.5, 0.6) is 0 Å². The number of alkyl carbamates (subject to hydrolysis) is 1. The summed E-state index contributed by atoms with van der Waals surface area (Å²) in [6.45, 7) is 14.3. The summed E-state index contributed by atoms with van der Waals surface area (Å²) in [4.78, 5) is 40.0. The van der Waals surface area contributed by atoms with Crippen molar-refractivity contribution in [2.75, 3.05) is 0 Å². The lowest BCUT2D eigenvalue weighted by Crippen LogP contribution is -2.54. The average molecular weight is 430 g/mol. The van der Waals surface area contributed by atoms with Crippen LogP contribution in [0.4, 0.5) is 4.79 Å². The van der Waals surface area contributed by atoms with E-state index in [0.29, 0.717) is 5.56 Å². The van der Waals surface area contributed by atoms with Crippen molar-refractivity contribution in [3.8, 4) is 12.5 Å². The lowest BCUT2D eigenvalue weighted by Gasteiger charge is -2.32. The van der Waals surface area contributed by atoms with E-state index in [4.69, 9.17) is 11.2 Å². The van der Waals surface area contributed by atoms with Crippen LogP contribution in [0, 0.1) is 25.3 Å². The van der Waals surface area contributed by atoms with Crippen LogP contribution in [0.3, 0.4) is 0 Å². The lowest BCUT2D eigenvalue weighted by atomic mass is 9.96. The Hall–Kier alpha value is -3.01. The van der Waals surface area contributed by atoms with Gasteiger partial charge >= 0.3 is 6.09 Å². The van der Waals surface area contributed by atoms with Gasteiger partial charge in [-0.05, 0) is 58.6 Å². The van der Waals surface area contributed by atoms with Crippen LogP contribution in [-0.2, 0) is 14.3 Å². The summed E-state index contributed by atoms with van der Waals surface area (Å²) in [6.07, 6.45) is 5.01. The van der Waals surface area contributed by atoms with Gasteiger partial charge in [-0.3, -0.25) is 14.5 Å². The highest BCUT2D eigenvalue weighted by Crippen LogP contribution is 2.26. The molecule has 0 bridgehead atoms. The normalized spacial score (nSPS) is 13.2. The highest BCUT2D eigenvalue weighted by molar-refractivity contribution is 5.93. The van der Waals surface area contributed by atoms with E-state index in [0.717, 1.165) is 10.5 Å². The van der Waals surface area contributed by atoms with E-state index in [1.165, 1.54) is 0 Å². The molecule has 0 fully saturated rings. The molecular weight excluding hydrogens is 394 g/mol. The van der Waals surface area contributed by atoms with Crippen LogP contribution >= 0.6 is 0 Å². The first kappa shape index (κ1) is 26.0. The number of ether oxygens (including phenoxy) is 1. The molecular formula is C24H35N3O4. The molecule has 2 unspecified atom stereocenters. The molecule has 0 spiro atoms. The van der Waals surface area contributed by atoms with Gasteiger partial charge in [0.1, 0.15) is 17.7 Å². The number of benzene rings is 1. The molecule has 1 aromatic rings. The molecule has 1 aromatic carbocycles. The van der Waals surface area contributed by atoms with Gasteiger partial charge in [0, 0.05) is 12.1 Å². The molecule has 2 N–H and O–H groups in total. The summed E-state index contributed by atoms with van der Waals surface area (Å²) >= 11 is 0. The maximum atomic E-state index is 13.5. The Kier molecular flexibility index (Phi) is 9.11. The van der Waals surface area contributed by atoms with Crippen LogP contribution in [-0.4, -0.2) is 40.5 Å². The minimum atomic E-state index is -1.04. The molecule has 0 aromatic heterocycles. The maximum absolute atomic E-state index is 13.5. The average Bonchev–Trinajstić information content (AvgIpc) is 2.62. The zero-order valence-corrected chi connectivity index (χ0v) is 19.8. The molecule has 0 saturated carbocycles. The number of nitrogens with zero attached hydrogens (tertiary/aromatic N) is 1. The predicted octanol–water partition coefficient (Wildman–Crippen LogP) is 3.53. The largest absolute Gasteiger partial charge is 0.444 e. The summed E-state index contributed by atoms with van der Waals surface area (Å²) < 4.78 is 5.29. The van der Waals surface area contributed by atoms with Gasteiger partial charge in [0.05, 0.1) is 0 Å². The lowest BCUT2D eigenvalue weighted by molar-refractivity contribution is -0.139. The first-order valence-electron chi connectivity index (χ1n) is 10.4. The number of rotatable bonds is 7. The van der Waals surface area contributed by atoms with Gasteiger partial charge in [-0.2, -0.15) is 0 Å². The summed E-state index contributed by atoms with van der Waals surface area (Å²) in [5.74, 6) is -1.24. The van der Waals surface area contributed by atoms with Crippen molar-refractivity contribution in [3.63, 3.8) is 0 Å². The van der Waals surface area contributed by atoms with E-state index in [-0.39, 0.29) is 12.0 Å². The van der Waals surface area contributed by atoms with Crippen molar-refractivity contribution in [1.82, 2.24) is 15.5 Å². The highest BCUT2D eigenvalue weighted by atomic mass is 16.6. The third-order valence-corrected chi connectivity index (χ3v) is 4.40. The van der Waals surface area contributed by atoms with Gasteiger partial charge in [0.15, 0.2) is 0 Å². The molecule has 3 amide bonds. The van der Waals surface area contributed by atoms with Crippen LogP contribution in [0.2, 0.25) is 0 Å². The molecule has 170 valence electrons. The van der Waals surface area contributed by atoms with Crippen molar-refractivity contribution in [2.24, 2.45) is 5.92 Å². The molecule has 7 heteroatoms. The Balaban J connectivity index is 3.36. The van der Waals surface area contributed by atoms with Gasteiger partial charge < -0.3 is 15.4 Å². The number of carbonyl (C=O) groups is 3. The van der Waals surface area contributed by atoms with E-state index >= 15 is 0 Å². The van der Waals surface area contributed by atoms with E-state index in [2.05, 4.69) is 16.7 Å². The Morgan fingerprint density at radius 2 is 1.65 bits per heavy atom. The van der Waals surface area contributed by atoms with Crippen LogP contribution in [0.15, 0.2) is 24.3 Å². The standard InChI is InChI=1S/C24H35N3O4/c1-10-27(22(29)19(15(2)3)26-23(30)31-24(7,8)9)20(21(28)25-16(4)5)18-14-12-11-13-17(18)6/h1,11-16,19-20H,2-9H3,(H,25,28)(H,26,30). The number of amides is 3. The second-order valence-corrected chi connectivity index (χ2v) is 9.13. The van der Waals surface area contributed by atoms with Crippen molar-refractivity contribution in [2.45, 2.75) is 79.1 Å². The SMILES string of the molecule is C#CN(C(=O)C(NC(=O)OC(C)(C)C)C(C)C)C(C(=O)NC(C)C)c1ccccc1C. The predicted molar refractivity (Wildman–Crippen MR) is 121 cm³/mol. The third-order valence-electron chi connectivity index (χ3n) is 4.40. The molecule has 0 radical (unpaired) electrons. The van der Waals surface area contributed by atoms with E-state index in [1.807, 2.05) is 32.9 Å². The number of terminal acetylenes is 1. The van der Waals surface area contributed by atoms with Gasteiger partial charge in [-0.25, -0.2) is 4.79 Å². The second-order valence-electron chi connectivity index (χ2n) is 9.13. The summed E-state index contributed by atoms with van der Waals surface area (Å²) in [7, 11) is 0. The molecule has 0 saturated heterocycles. The zero-order valence-electron chi connectivity index (χ0n) is 19.8. The smallest absolute Gasteiger partial charge is 0.408 e. The first-order valence-corrected chi connectivity index (χ1v) is 10.4. The quantitative estimate of drug-likeness (QED) is 0.513. The van der Waals surface area contributed by atoms with Crippen molar-refractivity contribution in [3.05, 3.63) is 35.4 Å². The molecule has 2 atom stereocenters. The molecule has 7 nitrogen and oxygen atoms in total. The Labute approximate surface area is 185 Å². The fraction of sp³-hybridized carbons (Fsp3) is 0.542. The number of hydrogen-bond donors (Lipinski definition) is 2. The Bertz CT molecular complexity index is 834. The monoisotopic (exact) mass is 429 g/mol. The molecule has 0 heterocycles. The zero-order chi connectivity index (χ0) is 23.9. The topological polar surface area (TPSA) is 87.7 Å². The van der Waals surface area contributed by atoms with Gasteiger partial charge in [-0.15, -0.1) is 0 Å². The number of carbonyl (C=O) groups excluding carboxylic acids is 3. The fourth-order valence-corrected chi connectivity index (χ4v) is 3.02. The third kappa shape index (κ3) is 7.63. The number of hydrogen-bond acceptors (Lipinski definition) is 4. The van der Waals surface area contributed by atoms with Crippen LogP contribution in [0.25, 0.3) is 0 Å². The summed E-state index contributed by atoms with van der Waals surface area (Å²) in [6, 6.07) is 7.47. The van der Waals surface area contributed by atoms with E-state index in [9.17, 15) is 14.4 Å².